The van der Waals surface area contributed by atoms with Gasteiger partial charge in [-0.15, -0.1) is 0 Å². The molecule has 0 aromatic rings. The molecule has 0 bridgehead atoms. The van der Waals surface area contributed by atoms with Gasteiger partial charge in [0.1, 0.15) is 0 Å². The van der Waals surface area contributed by atoms with Crippen LogP contribution in [0.15, 0.2) is 0 Å². The monoisotopic (exact) mass is 137 g/mol. The standard InChI is InChI=1S/C5H9F2NO/c6-5(7)1-3(5)4(8)2-9/h3-4,9H,1-2,8H2/t3-,4+/m0/s1. The van der Waals surface area contributed by atoms with Gasteiger partial charge < -0.3 is 10.8 Å². The fraction of sp³-hybridized carbons (Fsp3) is 1.00. The Morgan fingerprint density at radius 3 is 2.33 bits per heavy atom. The van der Waals surface area contributed by atoms with E-state index < -0.39 is 17.9 Å². The fourth-order valence-electron chi connectivity index (χ4n) is 0.826. The topological polar surface area (TPSA) is 46.2 Å². The second-order valence-electron chi connectivity index (χ2n) is 2.42. The number of halogens is 2. The lowest BCUT2D eigenvalue weighted by atomic mass is 10.2. The van der Waals surface area contributed by atoms with Gasteiger partial charge in [0.15, 0.2) is 0 Å². The SMILES string of the molecule is N[C@H](CO)[C@@H]1CC1(F)F. The first kappa shape index (κ1) is 6.89. The zero-order valence-electron chi connectivity index (χ0n) is 4.85. The molecule has 1 aliphatic carbocycles. The van der Waals surface area contributed by atoms with E-state index in [1.165, 1.54) is 0 Å². The molecule has 9 heavy (non-hydrogen) atoms. The van der Waals surface area contributed by atoms with Crippen molar-refractivity contribution in [2.45, 2.75) is 18.4 Å². The third kappa shape index (κ3) is 1.19. The van der Waals surface area contributed by atoms with E-state index in [9.17, 15) is 8.78 Å². The lowest BCUT2D eigenvalue weighted by Crippen LogP contribution is -2.29. The first-order valence-electron chi connectivity index (χ1n) is 2.82. The molecule has 3 N–H and O–H groups in total. The zero-order chi connectivity index (χ0) is 7.07. The highest BCUT2D eigenvalue weighted by Gasteiger charge is 2.59. The molecule has 0 heterocycles. The van der Waals surface area contributed by atoms with Crippen LogP contribution >= 0.6 is 0 Å². The Kier molecular flexibility index (Phi) is 1.44. The number of aliphatic hydroxyl groups is 1. The quantitative estimate of drug-likeness (QED) is 0.561. The van der Waals surface area contributed by atoms with Crippen LogP contribution in [0.5, 0.6) is 0 Å². The van der Waals surface area contributed by atoms with Crippen molar-refractivity contribution in [2.24, 2.45) is 11.7 Å². The number of hydrogen-bond acceptors (Lipinski definition) is 2. The van der Waals surface area contributed by atoms with Crippen LogP contribution in [0, 0.1) is 5.92 Å². The van der Waals surface area contributed by atoms with Gasteiger partial charge in [-0.25, -0.2) is 8.78 Å². The summed E-state index contributed by atoms with van der Waals surface area (Å²) in [7, 11) is 0. The molecule has 1 rings (SSSR count). The molecule has 0 aromatic heterocycles. The van der Waals surface area contributed by atoms with Crippen LogP contribution in [0.3, 0.4) is 0 Å². The molecule has 4 heteroatoms. The first-order chi connectivity index (χ1) is 4.08. The van der Waals surface area contributed by atoms with Gasteiger partial charge in [0.25, 0.3) is 5.92 Å². The maximum absolute atomic E-state index is 12.0. The predicted molar refractivity (Wildman–Crippen MR) is 28.1 cm³/mol. The number of hydrogen-bond donors (Lipinski definition) is 2. The first-order valence-corrected chi connectivity index (χ1v) is 2.82. The van der Waals surface area contributed by atoms with E-state index in [2.05, 4.69) is 0 Å². The van der Waals surface area contributed by atoms with E-state index in [0.717, 1.165) is 0 Å². The zero-order valence-corrected chi connectivity index (χ0v) is 4.85. The summed E-state index contributed by atoms with van der Waals surface area (Å²) >= 11 is 0. The second-order valence-corrected chi connectivity index (χ2v) is 2.42. The Balaban J connectivity index is 2.33. The summed E-state index contributed by atoms with van der Waals surface area (Å²) < 4.78 is 24.1. The van der Waals surface area contributed by atoms with Gasteiger partial charge >= 0.3 is 0 Å². The van der Waals surface area contributed by atoms with Gasteiger partial charge in [0.05, 0.1) is 6.61 Å². The van der Waals surface area contributed by atoms with Gasteiger partial charge in [-0.05, 0) is 0 Å². The van der Waals surface area contributed by atoms with Gasteiger partial charge in [0.2, 0.25) is 0 Å². The van der Waals surface area contributed by atoms with Crippen molar-refractivity contribution in [3.8, 4) is 0 Å². The smallest absolute Gasteiger partial charge is 0.253 e. The summed E-state index contributed by atoms with van der Waals surface area (Å²) in [5.74, 6) is -3.37. The summed E-state index contributed by atoms with van der Waals surface area (Å²) in [5.41, 5.74) is 5.12. The summed E-state index contributed by atoms with van der Waals surface area (Å²) in [6.07, 6.45) is -0.158. The van der Waals surface area contributed by atoms with Crippen LogP contribution in [-0.4, -0.2) is 23.7 Å². The van der Waals surface area contributed by atoms with E-state index in [0.29, 0.717) is 0 Å². The van der Waals surface area contributed by atoms with Crippen LogP contribution in [0.1, 0.15) is 6.42 Å². The summed E-state index contributed by atoms with van der Waals surface area (Å²) in [6.45, 7) is -0.347. The minimum atomic E-state index is -2.60. The fourth-order valence-corrected chi connectivity index (χ4v) is 0.826. The highest BCUT2D eigenvalue weighted by molar-refractivity contribution is 5.00. The summed E-state index contributed by atoms with van der Waals surface area (Å²) in [5, 5.41) is 8.32. The molecule has 1 aliphatic rings. The van der Waals surface area contributed by atoms with Gasteiger partial charge in [-0.2, -0.15) is 0 Å². The number of rotatable bonds is 2. The lowest BCUT2D eigenvalue weighted by Gasteiger charge is -2.04. The van der Waals surface area contributed by atoms with Crippen LogP contribution in [0.2, 0.25) is 0 Å². The minimum absolute atomic E-state index is 0.158. The molecular weight excluding hydrogens is 128 g/mol. The van der Waals surface area contributed by atoms with Crippen LogP contribution in [-0.2, 0) is 0 Å². The molecule has 0 aromatic carbocycles. The maximum Gasteiger partial charge on any atom is 0.253 e. The molecule has 0 spiro atoms. The predicted octanol–water partition coefficient (Wildman–Crippen LogP) is -0.0388. The summed E-state index contributed by atoms with van der Waals surface area (Å²) in [4.78, 5) is 0. The van der Waals surface area contributed by atoms with Crippen LogP contribution in [0.4, 0.5) is 8.78 Å². The highest BCUT2D eigenvalue weighted by atomic mass is 19.3. The van der Waals surface area contributed by atoms with Crippen molar-refractivity contribution in [1.82, 2.24) is 0 Å². The molecule has 0 radical (unpaired) electrons. The Morgan fingerprint density at radius 1 is 1.78 bits per heavy atom. The number of alkyl halides is 2. The van der Waals surface area contributed by atoms with Crippen molar-refractivity contribution in [1.29, 1.82) is 0 Å². The molecule has 54 valence electrons. The largest absolute Gasteiger partial charge is 0.395 e. The van der Waals surface area contributed by atoms with Crippen molar-refractivity contribution < 1.29 is 13.9 Å². The van der Waals surface area contributed by atoms with E-state index in [1.807, 2.05) is 0 Å². The molecular formula is C5H9F2NO. The maximum atomic E-state index is 12.0. The number of aliphatic hydroxyl groups excluding tert-OH is 1. The second kappa shape index (κ2) is 1.88. The van der Waals surface area contributed by atoms with E-state index >= 15 is 0 Å². The molecule has 0 amide bonds. The average molecular weight is 137 g/mol. The van der Waals surface area contributed by atoms with Crippen molar-refractivity contribution in [2.75, 3.05) is 6.61 Å². The number of nitrogens with two attached hydrogens (primary N) is 1. The van der Waals surface area contributed by atoms with E-state index in [4.69, 9.17) is 10.8 Å². The molecule has 1 saturated carbocycles. The molecule has 1 fully saturated rings. The third-order valence-corrected chi connectivity index (χ3v) is 1.60. The normalized spacial score (nSPS) is 34.0. The van der Waals surface area contributed by atoms with Crippen LogP contribution < -0.4 is 5.73 Å². The van der Waals surface area contributed by atoms with Crippen molar-refractivity contribution in [3.05, 3.63) is 0 Å². The molecule has 0 unspecified atom stereocenters. The highest BCUT2D eigenvalue weighted by Crippen LogP contribution is 2.49. The molecule has 0 aliphatic heterocycles. The van der Waals surface area contributed by atoms with E-state index in [-0.39, 0.29) is 13.0 Å². The Bertz CT molecular complexity index is 118. The molecule has 0 saturated heterocycles. The van der Waals surface area contributed by atoms with Gasteiger partial charge in [-0.3, -0.25) is 0 Å². The molecule has 2 atom stereocenters. The minimum Gasteiger partial charge on any atom is -0.395 e. The average Bonchev–Trinajstić information content (AvgIpc) is 2.38. The Labute approximate surface area is 51.7 Å². The van der Waals surface area contributed by atoms with Gasteiger partial charge in [0, 0.05) is 18.4 Å². The van der Waals surface area contributed by atoms with E-state index in [1.54, 1.807) is 0 Å². The van der Waals surface area contributed by atoms with Crippen molar-refractivity contribution >= 4 is 0 Å². The van der Waals surface area contributed by atoms with Gasteiger partial charge in [-0.1, -0.05) is 0 Å². The third-order valence-electron chi connectivity index (χ3n) is 1.60. The van der Waals surface area contributed by atoms with Crippen molar-refractivity contribution in [3.63, 3.8) is 0 Å². The lowest BCUT2D eigenvalue weighted by molar-refractivity contribution is 0.0858. The Hall–Kier alpha value is -0.220. The summed E-state index contributed by atoms with van der Waals surface area (Å²) in [6, 6.07) is -0.736. The van der Waals surface area contributed by atoms with Crippen LogP contribution in [0.25, 0.3) is 0 Å². The Morgan fingerprint density at radius 2 is 2.22 bits per heavy atom. The molecule has 2 nitrogen and oxygen atoms in total.